The van der Waals surface area contributed by atoms with E-state index in [4.69, 9.17) is 0 Å². The minimum atomic E-state index is -3.59. The molecule has 0 unspecified atom stereocenters. The summed E-state index contributed by atoms with van der Waals surface area (Å²) in [5, 5.41) is 4.08. The molecule has 3 heterocycles. The molecule has 2 aromatic heterocycles. The predicted molar refractivity (Wildman–Crippen MR) is 78.9 cm³/mol. The molecule has 1 aliphatic heterocycles. The summed E-state index contributed by atoms with van der Waals surface area (Å²) < 4.78 is 25.9. The fourth-order valence-electron chi connectivity index (χ4n) is 2.54. The minimum Gasteiger partial charge on any atom is -0.371 e. The van der Waals surface area contributed by atoms with Crippen molar-refractivity contribution < 1.29 is 13.2 Å². The molecule has 7 nitrogen and oxygen atoms in total. The average Bonchev–Trinajstić information content (AvgIpc) is 3.05. The fourth-order valence-corrected chi connectivity index (χ4v) is 2.99. The molecule has 0 atom stereocenters. The van der Waals surface area contributed by atoms with Gasteiger partial charge in [0, 0.05) is 25.0 Å². The number of rotatable bonds is 3. The van der Waals surface area contributed by atoms with Gasteiger partial charge in [-0.15, -0.1) is 0 Å². The Hall–Kier alpha value is -2.09. The Morgan fingerprint density at radius 2 is 2.05 bits per heavy atom. The SMILES string of the molecule is CS(=O)(=O)NC(=O)c1cnn2ccc(N3CCCC3)cc12. The maximum Gasteiger partial charge on any atom is 0.268 e. The topological polar surface area (TPSA) is 83.8 Å². The molecule has 8 heteroatoms. The molecule has 1 saturated heterocycles. The number of aromatic nitrogens is 2. The van der Waals surface area contributed by atoms with Gasteiger partial charge in [0.15, 0.2) is 0 Å². The molecule has 0 aliphatic carbocycles. The van der Waals surface area contributed by atoms with Crippen molar-refractivity contribution in [3.8, 4) is 0 Å². The summed E-state index contributed by atoms with van der Waals surface area (Å²) in [4.78, 5) is 14.3. The molecule has 1 aliphatic rings. The third-order valence-electron chi connectivity index (χ3n) is 3.50. The van der Waals surface area contributed by atoms with E-state index >= 15 is 0 Å². The van der Waals surface area contributed by atoms with Crippen molar-refractivity contribution >= 4 is 27.1 Å². The zero-order valence-corrected chi connectivity index (χ0v) is 12.4. The number of pyridine rings is 1. The minimum absolute atomic E-state index is 0.251. The van der Waals surface area contributed by atoms with Crippen molar-refractivity contribution in [1.29, 1.82) is 0 Å². The number of anilines is 1. The maximum atomic E-state index is 12.0. The van der Waals surface area contributed by atoms with E-state index in [0.717, 1.165) is 37.9 Å². The molecule has 1 fully saturated rings. The fraction of sp³-hybridized carbons (Fsp3) is 0.385. The quantitative estimate of drug-likeness (QED) is 0.899. The highest BCUT2D eigenvalue weighted by molar-refractivity contribution is 7.89. The van der Waals surface area contributed by atoms with Crippen LogP contribution in [-0.4, -0.2) is 43.3 Å². The van der Waals surface area contributed by atoms with Crippen LogP contribution in [-0.2, 0) is 10.0 Å². The van der Waals surface area contributed by atoms with E-state index in [2.05, 4.69) is 10.00 Å². The van der Waals surface area contributed by atoms with Gasteiger partial charge in [0.25, 0.3) is 5.91 Å². The lowest BCUT2D eigenvalue weighted by atomic mass is 10.2. The number of hydrogen-bond donors (Lipinski definition) is 1. The normalized spacial score (nSPS) is 15.6. The van der Waals surface area contributed by atoms with Gasteiger partial charge in [-0.25, -0.2) is 17.7 Å². The van der Waals surface area contributed by atoms with Crippen LogP contribution >= 0.6 is 0 Å². The van der Waals surface area contributed by atoms with Gasteiger partial charge in [-0.3, -0.25) is 4.79 Å². The van der Waals surface area contributed by atoms with Crippen molar-refractivity contribution in [1.82, 2.24) is 14.3 Å². The molecular weight excluding hydrogens is 292 g/mol. The Labute approximate surface area is 122 Å². The Kier molecular flexibility index (Phi) is 3.32. The summed E-state index contributed by atoms with van der Waals surface area (Å²) in [5.74, 6) is -0.661. The Morgan fingerprint density at radius 1 is 1.33 bits per heavy atom. The molecular formula is C13H16N4O3S. The number of fused-ring (bicyclic) bond motifs is 1. The van der Waals surface area contributed by atoms with Gasteiger partial charge in [-0.05, 0) is 25.0 Å². The standard InChI is InChI=1S/C13H16N4O3S/c1-21(19,20)15-13(18)11-9-14-17-7-4-10(8-12(11)17)16-5-2-3-6-16/h4,7-9H,2-3,5-6H2,1H3,(H,15,18). The lowest BCUT2D eigenvalue weighted by Gasteiger charge is -2.17. The summed E-state index contributed by atoms with van der Waals surface area (Å²) >= 11 is 0. The maximum absolute atomic E-state index is 12.0. The van der Waals surface area contributed by atoms with E-state index in [1.807, 2.05) is 16.9 Å². The van der Waals surface area contributed by atoms with Crippen molar-refractivity contribution in [2.75, 3.05) is 24.2 Å². The van der Waals surface area contributed by atoms with E-state index in [-0.39, 0.29) is 5.56 Å². The van der Waals surface area contributed by atoms with Crippen LogP contribution in [0.5, 0.6) is 0 Å². The zero-order valence-electron chi connectivity index (χ0n) is 11.6. The molecule has 0 aromatic carbocycles. The molecule has 112 valence electrons. The van der Waals surface area contributed by atoms with Crippen LogP contribution in [0.25, 0.3) is 5.52 Å². The molecule has 0 radical (unpaired) electrons. The predicted octanol–water partition coefficient (Wildman–Crippen LogP) is 0.624. The van der Waals surface area contributed by atoms with Gasteiger partial charge < -0.3 is 4.90 Å². The Balaban J connectivity index is 1.99. The van der Waals surface area contributed by atoms with Crippen LogP contribution in [0.1, 0.15) is 23.2 Å². The van der Waals surface area contributed by atoms with Crippen molar-refractivity contribution in [2.24, 2.45) is 0 Å². The molecule has 0 spiro atoms. The van der Waals surface area contributed by atoms with Crippen LogP contribution in [0.2, 0.25) is 0 Å². The highest BCUT2D eigenvalue weighted by atomic mass is 32.2. The van der Waals surface area contributed by atoms with Crippen molar-refractivity contribution in [3.05, 3.63) is 30.1 Å². The van der Waals surface area contributed by atoms with Crippen molar-refractivity contribution in [3.63, 3.8) is 0 Å². The van der Waals surface area contributed by atoms with Crippen LogP contribution in [0, 0.1) is 0 Å². The summed E-state index contributed by atoms with van der Waals surface area (Å²) in [7, 11) is -3.59. The van der Waals surface area contributed by atoms with E-state index in [9.17, 15) is 13.2 Å². The largest absolute Gasteiger partial charge is 0.371 e. The number of hydrogen-bond acceptors (Lipinski definition) is 5. The third kappa shape index (κ3) is 2.85. The first kappa shape index (κ1) is 13.9. The lowest BCUT2D eigenvalue weighted by molar-refractivity contribution is 0.0983. The molecule has 21 heavy (non-hydrogen) atoms. The van der Waals surface area contributed by atoms with E-state index in [0.29, 0.717) is 5.52 Å². The van der Waals surface area contributed by atoms with Gasteiger partial charge in [0.2, 0.25) is 10.0 Å². The first-order valence-corrected chi connectivity index (χ1v) is 8.58. The Morgan fingerprint density at radius 3 is 2.71 bits per heavy atom. The molecule has 1 amide bonds. The Bertz CT molecular complexity index is 791. The van der Waals surface area contributed by atoms with Crippen molar-refractivity contribution in [2.45, 2.75) is 12.8 Å². The van der Waals surface area contributed by atoms with E-state index in [1.165, 1.54) is 6.20 Å². The average molecular weight is 308 g/mol. The second kappa shape index (κ2) is 5.03. The number of carbonyl (C=O) groups is 1. The monoisotopic (exact) mass is 308 g/mol. The zero-order chi connectivity index (χ0) is 15.0. The summed E-state index contributed by atoms with van der Waals surface area (Å²) in [6.07, 6.45) is 6.42. The molecule has 0 saturated carbocycles. The highest BCUT2D eigenvalue weighted by Gasteiger charge is 2.18. The summed E-state index contributed by atoms with van der Waals surface area (Å²) in [6.45, 7) is 1.99. The molecule has 2 aromatic rings. The third-order valence-corrected chi connectivity index (χ3v) is 4.06. The second-order valence-electron chi connectivity index (χ2n) is 5.17. The van der Waals surface area contributed by atoms with Gasteiger partial charge >= 0.3 is 0 Å². The number of carbonyl (C=O) groups excluding carboxylic acids is 1. The number of amides is 1. The molecule has 0 bridgehead atoms. The number of nitrogens with one attached hydrogen (secondary N) is 1. The van der Waals surface area contributed by atoms with Gasteiger partial charge in [-0.1, -0.05) is 0 Å². The van der Waals surface area contributed by atoms with Crippen LogP contribution in [0.3, 0.4) is 0 Å². The molecule has 1 N–H and O–H groups in total. The van der Waals surface area contributed by atoms with E-state index in [1.54, 1.807) is 10.7 Å². The van der Waals surface area contributed by atoms with Gasteiger partial charge in [0.1, 0.15) is 0 Å². The highest BCUT2D eigenvalue weighted by Crippen LogP contribution is 2.23. The van der Waals surface area contributed by atoms with Crippen LogP contribution in [0.15, 0.2) is 24.5 Å². The summed E-state index contributed by atoms with van der Waals surface area (Å²) in [5.41, 5.74) is 1.87. The lowest BCUT2D eigenvalue weighted by Crippen LogP contribution is -2.29. The molecule has 3 rings (SSSR count). The summed E-state index contributed by atoms with van der Waals surface area (Å²) in [6, 6.07) is 3.82. The number of sulfonamides is 1. The second-order valence-corrected chi connectivity index (χ2v) is 6.92. The van der Waals surface area contributed by atoms with Gasteiger partial charge in [-0.2, -0.15) is 5.10 Å². The smallest absolute Gasteiger partial charge is 0.268 e. The number of nitrogens with zero attached hydrogens (tertiary/aromatic N) is 3. The van der Waals surface area contributed by atoms with Crippen LogP contribution in [0.4, 0.5) is 5.69 Å². The first-order valence-electron chi connectivity index (χ1n) is 6.68. The van der Waals surface area contributed by atoms with Crippen LogP contribution < -0.4 is 9.62 Å². The first-order chi connectivity index (χ1) is 9.94. The van der Waals surface area contributed by atoms with E-state index < -0.39 is 15.9 Å². The van der Waals surface area contributed by atoms with Gasteiger partial charge in [0.05, 0.1) is 23.5 Å².